The van der Waals surface area contributed by atoms with Crippen molar-refractivity contribution in [3.05, 3.63) is 0 Å². The van der Waals surface area contributed by atoms with Crippen LogP contribution in [0.5, 0.6) is 0 Å². The fourth-order valence-corrected chi connectivity index (χ4v) is 2.06. The first-order chi connectivity index (χ1) is 16.3. The van der Waals surface area contributed by atoms with E-state index in [1.807, 2.05) is 5.92 Å². The van der Waals surface area contributed by atoms with Gasteiger partial charge in [0.1, 0.15) is 12.7 Å². The summed E-state index contributed by atoms with van der Waals surface area (Å²) in [6, 6.07) is 0. The van der Waals surface area contributed by atoms with Gasteiger partial charge in [0.15, 0.2) is 0 Å². The van der Waals surface area contributed by atoms with E-state index in [-0.39, 0.29) is 6.61 Å². The molecule has 172 valence electrons. The van der Waals surface area contributed by atoms with Gasteiger partial charge in [-0.15, -0.1) is 0 Å². The third-order valence-electron chi connectivity index (χ3n) is 2.72. The van der Waals surface area contributed by atoms with E-state index in [1.54, 1.807) is 25.9 Å². The molecule has 0 aliphatic carbocycles. The van der Waals surface area contributed by atoms with Crippen LogP contribution in [0, 0.1) is 94.7 Å². The van der Waals surface area contributed by atoms with Crippen LogP contribution in [0.15, 0.2) is 0 Å². The second kappa shape index (κ2) is 19.6. The summed E-state index contributed by atoms with van der Waals surface area (Å²) in [5.74, 6) is 37.5. The molecule has 0 rings (SSSR count). The van der Waals surface area contributed by atoms with E-state index in [1.165, 1.54) is 0 Å². The van der Waals surface area contributed by atoms with Crippen LogP contribution >= 0.6 is 7.82 Å². The zero-order chi connectivity index (χ0) is 25.5. The molecule has 0 aliphatic heterocycles. The van der Waals surface area contributed by atoms with E-state index < -0.39 is 33.1 Å². The number of rotatable bonds is 9. The van der Waals surface area contributed by atoms with Gasteiger partial charge in [-0.25, -0.2) is 4.79 Å². The largest absolute Gasteiger partial charge is 0.756 e. The Bertz CT molecular complexity index is 1260. The average Bonchev–Trinajstić information content (AvgIpc) is 2.78. The van der Waals surface area contributed by atoms with Crippen molar-refractivity contribution in [3.63, 3.8) is 0 Å². The second-order valence-electron chi connectivity index (χ2n) is 5.76. The molecule has 0 fully saturated rings. The molecule has 0 bridgehead atoms. The molecule has 34 heavy (non-hydrogen) atoms. The van der Waals surface area contributed by atoms with Crippen molar-refractivity contribution in [3.8, 4) is 94.7 Å². The first-order valence-corrected chi connectivity index (χ1v) is 10.8. The topological polar surface area (TPSA) is 108 Å². The van der Waals surface area contributed by atoms with Crippen LogP contribution in [0.2, 0.25) is 0 Å². The van der Waals surface area contributed by atoms with Crippen LogP contribution in [-0.4, -0.2) is 62.5 Å². The molecule has 0 saturated heterocycles. The van der Waals surface area contributed by atoms with Gasteiger partial charge in [-0.2, -0.15) is 0 Å². The first-order valence-electron chi connectivity index (χ1n) is 9.29. The summed E-state index contributed by atoms with van der Waals surface area (Å²) >= 11 is 0. The number of phosphoric ester groups is 1. The Balaban J connectivity index is 4.31. The number of phosphoric acid groups is 1. The number of hydrogen-bond donors (Lipinski definition) is 1. The van der Waals surface area contributed by atoms with Crippen LogP contribution in [0.1, 0.15) is 6.92 Å². The Hall–Kier alpha value is -4.02. The molecule has 0 heterocycles. The SMILES string of the molecule is CC#CC#CC#CC#CC#CC#CC#CC#CC(=O)OCC(O)COP(=O)([O-])OCCN(C)C. The molecule has 0 aromatic carbocycles. The highest BCUT2D eigenvalue weighted by Crippen LogP contribution is 2.37. The monoisotopic (exact) mass is 476 g/mol. The van der Waals surface area contributed by atoms with Crippen LogP contribution in [0.3, 0.4) is 0 Å². The minimum Gasteiger partial charge on any atom is -0.756 e. The number of carbonyl (C=O) groups excluding carboxylic acids is 1. The molecule has 0 radical (unpaired) electrons. The summed E-state index contributed by atoms with van der Waals surface area (Å²) in [4.78, 5) is 24.6. The lowest BCUT2D eigenvalue weighted by atomic mass is 10.4. The Morgan fingerprint density at radius 3 is 1.79 bits per heavy atom. The van der Waals surface area contributed by atoms with Crippen molar-refractivity contribution in [2.45, 2.75) is 13.0 Å². The van der Waals surface area contributed by atoms with Gasteiger partial charge in [0, 0.05) is 12.5 Å². The van der Waals surface area contributed by atoms with E-state index in [2.05, 4.69) is 103 Å². The summed E-state index contributed by atoms with van der Waals surface area (Å²) in [6.07, 6.45) is -1.39. The molecular weight excluding hydrogens is 457 g/mol. The molecule has 2 atom stereocenters. The van der Waals surface area contributed by atoms with E-state index >= 15 is 0 Å². The van der Waals surface area contributed by atoms with Gasteiger partial charge < -0.3 is 28.7 Å². The number of ether oxygens (including phenoxy) is 1. The number of nitrogens with zero attached hydrogens (tertiary/aromatic N) is 1. The summed E-state index contributed by atoms with van der Waals surface area (Å²) in [5, 5.41) is 9.62. The number of likely N-dealkylation sites (N-methyl/N-ethyl adjacent to an activating group) is 1. The van der Waals surface area contributed by atoms with E-state index in [9.17, 15) is 19.4 Å². The minimum atomic E-state index is -4.56. The van der Waals surface area contributed by atoms with Crippen molar-refractivity contribution in [2.24, 2.45) is 0 Å². The van der Waals surface area contributed by atoms with Crippen LogP contribution in [0.25, 0.3) is 0 Å². The van der Waals surface area contributed by atoms with Gasteiger partial charge in [-0.05, 0) is 104 Å². The predicted octanol–water partition coefficient (Wildman–Crippen LogP) is -0.999. The molecule has 9 heteroatoms. The van der Waals surface area contributed by atoms with Crippen LogP contribution in [-0.2, 0) is 23.1 Å². The van der Waals surface area contributed by atoms with Crippen LogP contribution < -0.4 is 4.89 Å². The lowest BCUT2D eigenvalue weighted by molar-refractivity contribution is -0.227. The summed E-state index contributed by atoms with van der Waals surface area (Å²) in [5.41, 5.74) is 0. The number of hydrogen-bond acceptors (Lipinski definition) is 8. The molecule has 0 aromatic rings. The van der Waals surface area contributed by atoms with Crippen LogP contribution in [0.4, 0.5) is 0 Å². The van der Waals surface area contributed by atoms with Gasteiger partial charge in [-0.1, -0.05) is 5.92 Å². The molecule has 0 aromatic heterocycles. The normalized spacial score (nSPS) is 10.5. The molecule has 0 spiro atoms. The van der Waals surface area contributed by atoms with E-state index in [0.717, 1.165) is 0 Å². The summed E-state index contributed by atoms with van der Waals surface area (Å²) in [6.45, 7) is 0.771. The van der Waals surface area contributed by atoms with E-state index in [0.29, 0.717) is 6.54 Å². The Labute approximate surface area is 200 Å². The third-order valence-corrected chi connectivity index (χ3v) is 3.69. The fraction of sp³-hybridized carbons (Fsp3) is 0.320. The van der Waals surface area contributed by atoms with Gasteiger partial charge >= 0.3 is 5.97 Å². The summed E-state index contributed by atoms with van der Waals surface area (Å²) < 4.78 is 25.2. The highest BCUT2D eigenvalue weighted by molar-refractivity contribution is 7.45. The standard InChI is InChI=1S/C25H20NO7P/c1-4-5-6-7-8-9-10-11-12-13-14-15-16-17-18-19-25(28)31-22-24(27)23-33-34(29,30)32-21-20-26(2)3/h24,27H,20-23H2,1-3H3,(H,29,30)/p-1. The highest BCUT2D eigenvalue weighted by Gasteiger charge is 2.14. The van der Waals surface area contributed by atoms with Crippen molar-refractivity contribution in [1.29, 1.82) is 0 Å². The lowest BCUT2D eigenvalue weighted by Crippen LogP contribution is -2.25. The average molecular weight is 476 g/mol. The van der Waals surface area contributed by atoms with Gasteiger partial charge in [0.2, 0.25) is 0 Å². The number of esters is 1. The Kier molecular flexibility index (Phi) is 17.3. The lowest BCUT2D eigenvalue weighted by Gasteiger charge is -2.24. The number of carbonyl (C=O) groups is 1. The maximum absolute atomic E-state index is 11.5. The fourth-order valence-electron chi connectivity index (χ4n) is 1.33. The van der Waals surface area contributed by atoms with Crippen molar-refractivity contribution in [2.75, 3.05) is 40.5 Å². The van der Waals surface area contributed by atoms with Crippen molar-refractivity contribution in [1.82, 2.24) is 4.90 Å². The molecule has 0 aliphatic rings. The highest BCUT2D eigenvalue weighted by atomic mass is 31.2. The molecule has 0 saturated carbocycles. The Morgan fingerprint density at radius 1 is 0.853 bits per heavy atom. The van der Waals surface area contributed by atoms with Gasteiger partial charge in [0.05, 0.1) is 13.2 Å². The summed E-state index contributed by atoms with van der Waals surface area (Å²) in [7, 11) is -1.08. The third kappa shape index (κ3) is 21.2. The zero-order valence-electron chi connectivity index (χ0n) is 18.7. The van der Waals surface area contributed by atoms with Gasteiger partial charge in [-0.3, -0.25) is 4.57 Å². The van der Waals surface area contributed by atoms with E-state index in [4.69, 9.17) is 0 Å². The molecule has 8 nitrogen and oxygen atoms in total. The molecule has 2 unspecified atom stereocenters. The minimum absolute atomic E-state index is 0.0956. The second-order valence-corrected chi connectivity index (χ2v) is 7.17. The maximum atomic E-state index is 11.5. The number of aliphatic hydroxyl groups is 1. The number of aliphatic hydroxyl groups excluding tert-OH is 1. The quantitative estimate of drug-likeness (QED) is 0.196. The predicted molar refractivity (Wildman–Crippen MR) is 123 cm³/mol. The van der Waals surface area contributed by atoms with Crippen molar-refractivity contribution >= 4 is 13.8 Å². The Morgan fingerprint density at radius 2 is 1.32 bits per heavy atom. The molecule has 1 N–H and O–H groups in total. The first kappa shape index (κ1) is 30.0. The zero-order valence-corrected chi connectivity index (χ0v) is 19.6. The van der Waals surface area contributed by atoms with Gasteiger partial charge in [0.25, 0.3) is 7.82 Å². The smallest absolute Gasteiger partial charge is 0.385 e. The van der Waals surface area contributed by atoms with Crippen molar-refractivity contribution < 1.29 is 33.1 Å². The molecular formula is C25H19NO7P-. The maximum Gasteiger partial charge on any atom is 0.385 e. The molecule has 0 amide bonds.